The van der Waals surface area contributed by atoms with E-state index in [1.165, 1.54) is 11.0 Å². The number of benzene rings is 1. The molecule has 1 N–H and O–H groups in total. The predicted octanol–water partition coefficient (Wildman–Crippen LogP) is 1.28. The molecule has 0 aliphatic carbocycles. The summed E-state index contributed by atoms with van der Waals surface area (Å²) in [5, 5.41) is 10.2. The zero-order chi connectivity index (χ0) is 17.3. The Kier molecular flexibility index (Phi) is 4.53. The van der Waals surface area contributed by atoms with Crippen LogP contribution < -0.4 is 10.4 Å². The third-order valence-electron chi connectivity index (χ3n) is 4.12. The molecule has 0 radical (unpaired) electrons. The van der Waals surface area contributed by atoms with Crippen molar-refractivity contribution in [2.75, 3.05) is 19.7 Å². The number of amides is 1. The molecule has 1 aliphatic heterocycles. The van der Waals surface area contributed by atoms with Gasteiger partial charge in [-0.15, -0.1) is 0 Å². The van der Waals surface area contributed by atoms with Crippen molar-refractivity contribution in [1.29, 1.82) is 0 Å². The Bertz CT molecular complexity index is 808. The number of alkyl halides is 1. The number of halogens is 1. The van der Waals surface area contributed by atoms with Crippen molar-refractivity contribution in [2.24, 2.45) is 0 Å². The summed E-state index contributed by atoms with van der Waals surface area (Å²) in [7, 11) is 0. The van der Waals surface area contributed by atoms with Crippen molar-refractivity contribution in [3.8, 4) is 5.75 Å². The van der Waals surface area contributed by atoms with Crippen molar-refractivity contribution >= 4 is 16.9 Å². The molecule has 1 aliphatic rings. The molecule has 0 spiro atoms. The second-order valence-corrected chi connectivity index (χ2v) is 5.77. The standard InChI is InChI=1S/C17H18FNO5/c1-2-10-5-17(22)24-15-6-11(3-4-12(10)15)23-9-16(21)19-7-13(18)14(20)8-19/h3-6,13-14,20H,2,7-9H2,1H3/t13-,14-/m1/s1. The highest BCUT2D eigenvalue weighted by Gasteiger charge is 2.33. The number of fused-ring (bicyclic) bond motifs is 1. The average molecular weight is 335 g/mol. The summed E-state index contributed by atoms with van der Waals surface area (Å²) >= 11 is 0. The average Bonchev–Trinajstić information content (AvgIpc) is 2.90. The SMILES string of the molecule is CCc1cc(=O)oc2cc(OCC(=O)N3C[C@@H](O)[C@H](F)C3)ccc12. The van der Waals surface area contributed by atoms with Crippen LogP contribution >= 0.6 is 0 Å². The van der Waals surface area contributed by atoms with Crippen LogP contribution in [0.25, 0.3) is 11.0 Å². The zero-order valence-electron chi connectivity index (χ0n) is 13.2. The number of rotatable bonds is 4. The Labute approximate surface area is 137 Å². The van der Waals surface area contributed by atoms with E-state index in [2.05, 4.69) is 0 Å². The van der Waals surface area contributed by atoms with Crippen molar-refractivity contribution in [3.63, 3.8) is 0 Å². The fourth-order valence-corrected chi connectivity index (χ4v) is 2.78. The minimum Gasteiger partial charge on any atom is -0.484 e. The van der Waals surface area contributed by atoms with Crippen LogP contribution in [0.5, 0.6) is 5.75 Å². The summed E-state index contributed by atoms with van der Waals surface area (Å²) in [6, 6.07) is 6.47. The molecule has 0 bridgehead atoms. The van der Waals surface area contributed by atoms with Gasteiger partial charge in [0.15, 0.2) is 6.61 Å². The Morgan fingerprint density at radius 2 is 2.21 bits per heavy atom. The molecule has 0 unspecified atom stereocenters. The minimum absolute atomic E-state index is 0.0319. The van der Waals surface area contributed by atoms with Crippen LogP contribution in [0.4, 0.5) is 4.39 Å². The molecule has 2 aromatic rings. The third kappa shape index (κ3) is 3.26. The number of likely N-dealkylation sites (tertiary alicyclic amines) is 1. The van der Waals surface area contributed by atoms with Crippen LogP contribution in [0.15, 0.2) is 33.5 Å². The Hall–Kier alpha value is -2.41. The van der Waals surface area contributed by atoms with Crippen LogP contribution in [0, 0.1) is 0 Å². The van der Waals surface area contributed by atoms with Gasteiger partial charge in [-0.05, 0) is 24.1 Å². The van der Waals surface area contributed by atoms with Crippen LogP contribution in [0.1, 0.15) is 12.5 Å². The van der Waals surface area contributed by atoms with E-state index in [0.29, 0.717) is 17.8 Å². The summed E-state index contributed by atoms with van der Waals surface area (Å²) < 4.78 is 23.8. The summed E-state index contributed by atoms with van der Waals surface area (Å²) in [4.78, 5) is 24.8. The van der Waals surface area contributed by atoms with Crippen LogP contribution in [0.3, 0.4) is 0 Å². The highest BCUT2D eigenvalue weighted by molar-refractivity contribution is 5.82. The summed E-state index contributed by atoms with van der Waals surface area (Å²) in [6.07, 6.45) is -1.87. The molecule has 1 aromatic carbocycles. The number of ether oxygens (including phenoxy) is 1. The van der Waals surface area contributed by atoms with Crippen molar-refractivity contribution in [3.05, 3.63) is 40.2 Å². The second kappa shape index (κ2) is 6.60. The number of aryl methyl sites for hydroxylation is 1. The van der Waals surface area contributed by atoms with Gasteiger partial charge < -0.3 is 19.2 Å². The molecule has 3 rings (SSSR count). The van der Waals surface area contributed by atoms with E-state index >= 15 is 0 Å². The number of hydrogen-bond donors (Lipinski definition) is 1. The van der Waals surface area contributed by atoms with Gasteiger partial charge >= 0.3 is 5.63 Å². The molecule has 2 atom stereocenters. The van der Waals surface area contributed by atoms with E-state index in [1.807, 2.05) is 6.92 Å². The number of carbonyl (C=O) groups excluding carboxylic acids is 1. The molecule has 2 heterocycles. The molecule has 1 aromatic heterocycles. The van der Waals surface area contributed by atoms with Crippen LogP contribution in [-0.2, 0) is 11.2 Å². The molecule has 7 heteroatoms. The highest BCUT2D eigenvalue weighted by Crippen LogP contribution is 2.23. The zero-order valence-corrected chi connectivity index (χ0v) is 13.2. The van der Waals surface area contributed by atoms with E-state index in [4.69, 9.17) is 9.15 Å². The van der Waals surface area contributed by atoms with Crippen molar-refractivity contribution in [1.82, 2.24) is 4.90 Å². The number of carbonyl (C=O) groups is 1. The number of nitrogens with zero attached hydrogens (tertiary/aromatic N) is 1. The van der Waals surface area contributed by atoms with Gasteiger partial charge in [0.1, 0.15) is 23.6 Å². The van der Waals surface area contributed by atoms with Gasteiger partial charge in [0.25, 0.3) is 5.91 Å². The molecule has 24 heavy (non-hydrogen) atoms. The normalized spacial score (nSPS) is 20.5. The number of aliphatic hydroxyl groups is 1. The summed E-state index contributed by atoms with van der Waals surface area (Å²) in [6.45, 7) is 1.51. The maximum Gasteiger partial charge on any atom is 0.336 e. The molecule has 0 saturated carbocycles. The summed E-state index contributed by atoms with van der Waals surface area (Å²) in [5.74, 6) is -0.0261. The molecule has 1 saturated heterocycles. The maximum atomic E-state index is 13.2. The van der Waals surface area contributed by atoms with Crippen molar-refractivity contribution < 1.29 is 23.4 Å². The monoisotopic (exact) mass is 335 g/mol. The van der Waals surface area contributed by atoms with Gasteiger partial charge in [0, 0.05) is 24.1 Å². The third-order valence-corrected chi connectivity index (χ3v) is 4.12. The van der Waals surface area contributed by atoms with Gasteiger partial charge in [-0.3, -0.25) is 4.79 Å². The lowest BCUT2D eigenvalue weighted by molar-refractivity contribution is -0.132. The first kappa shape index (κ1) is 16.4. The van der Waals surface area contributed by atoms with E-state index in [9.17, 15) is 19.1 Å². The second-order valence-electron chi connectivity index (χ2n) is 5.77. The lowest BCUT2D eigenvalue weighted by atomic mass is 10.1. The fourth-order valence-electron chi connectivity index (χ4n) is 2.78. The van der Waals surface area contributed by atoms with Crippen LogP contribution in [-0.4, -0.2) is 47.9 Å². The quantitative estimate of drug-likeness (QED) is 0.852. The lowest BCUT2D eigenvalue weighted by Crippen LogP contribution is -2.33. The van der Waals surface area contributed by atoms with Gasteiger partial charge in [0.2, 0.25) is 0 Å². The number of aliphatic hydroxyl groups excluding tert-OH is 1. The molecule has 1 fully saturated rings. The Balaban J connectivity index is 1.72. The first-order valence-corrected chi connectivity index (χ1v) is 7.77. The highest BCUT2D eigenvalue weighted by atomic mass is 19.1. The molecule has 6 nitrogen and oxygen atoms in total. The van der Waals surface area contributed by atoms with Gasteiger partial charge in [0.05, 0.1) is 6.54 Å². The van der Waals surface area contributed by atoms with Gasteiger partial charge in [-0.2, -0.15) is 0 Å². The maximum absolute atomic E-state index is 13.2. The van der Waals surface area contributed by atoms with E-state index in [1.54, 1.807) is 18.2 Å². The largest absolute Gasteiger partial charge is 0.484 e. The molecule has 128 valence electrons. The molecule has 1 amide bonds. The fraction of sp³-hybridized carbons (Fsp3) is 0.412. The van der Waals surface area contributed by atoms with E-state index in [0.717, 1.165) is 10.9 Å². The number of hydrogen-bond acceptors (Lipinski definition) is 5. The molecular weight excluding hydrogens is 317 g/mol. The predicted molar refractivity (Wildman–Crippen MR) is 84.8 cm³/mol. The van der Waals surface area contributed by atoms with E-state index in [-0.39, 0.29) is 19.7 Å². The first-order valence-electron chi connectivity index (χ1n) is 7.77. The van der Waals surface area contributed by atoms with Gasteiger partial charge in [-0.25, -0.2) is 9.18 Å². The van der Waals surface area contributed by atoms with Crippen LogP contribution in [0.2, 0.25) is 0 Å². The van der Waals surface area contributed by atoms with E-state index < -0.39 is 23.8 Å². The van der Waals surface area contributed by atoms with Gasteiger partial charge in [-0.1, -0.05) is 6.92 Å². The smallest absolute Gasteiger partial charge is 0.336 e. The minimum atomic E-state index is -1.42. The Morgan fingerprint density at radius 1 is 1.42 bits per heavy atom. The number of β-amino-alcohol motifs (C(OH)–C–C–N with tert-alkyl or cyclic N) is 1. The van der Waals surface area contributed by atoms with Crippen molar-refractivity contribution in [2.45, 2.75) is 25.6 Å². The Morgan fingerprint density at radius 3 is 2.88 bits per heavy atom. The first-order chi connectivity index (χ1) is 11.5. The lowest BCUT2D eigenvalue weighted by Gasteiger charge is -2.15. The molecular formula is C17H18FNO5. The topological polar surface area (TPSA) is 80.0 Å². The summed E-state index contributed by atoms with van der Waals surface area (Å²) in [5.41, 5.74) is 0.834.